The van der Waals surface area contributed by atoms with Crippen LogP contribution in [0.1, 0.15) is 23.2 Å². The van der Waals surface area contributed by atoms with E-state index in [4.69, 9.17) is 5.11 Å². The first kappa shape index (κ1) is 10.7. The van der Waals surface area contributed by atoms with Crippen LogP contribution < -0.4 is 0 Å². The summed E-state index contributed by atoms with van der Waals surface area (Å²) in [4.78, 5) is 18.3. The van der Waals surface area contributed by atoms with E-state index in [0.29, 0.717) is 6.42 Å². The van der Waals surface area contributed by atoms with Crippen molar-refractivity contribution in [2.75, 3.05) is 0 Å². The molecule has 0 radical (unpaired) electrons. The van der Waals surface area contributed by atoms with Crippen molar-refractivity contribution < 1.29 is 19.5 Å². The summed E-state index contributed by atoms with van der Waals surface area (Å²) in [5.41, 5.74) is -0.343. The molecule has 14 heavy (non-hydrogen) atoms. The fraction of sp³-hybridized carbons (Fsp3) is 0.286. The zero-order chi connectivity index (χ0) is 10.7. The maximum absolute atomic E-state index is 11.1. The van der Waals surface area contributed by atoms with Crippen molar-refractivity contribution in [2.24, 2.45) is 0 Å². The molecule has 0 saturated heterocycles. The van der Waals surface area contributed by atoms with Gasteiger partial charge in [0.2, 0.25) is 5.75 Å². The Morgan fingerprint density at radius 1 is 1.50 bits per heavy atom. The van der Waals surface area contributed by atoms with Crippen LogP contribution in [0.5, 0.6) is 11.6 Å². The average molecular weight is 216 g/mol. The minimum atomic E-state index is -0.847. The number of aromatic hydroxyl groups is 2. The lowest BCUT2D eigenvalue weighted by atomic mass is 10.3. The Hall–Kier alpha value is -1.42. The summed E-state index contributed by atoms with van der Waals surface area (Å²) in [7, 11) is 1.73. The fourth-order valence-corrected chi connectivity index (χ4v) is 0.956. The largest absolute Gasteiger partial charge is 0.501 e. The minimum Gasteiger partial charge on any atom is -0.501 e. The Balaban J connectivity index is 3.27. The molecule has 0 aliphatic rings. The van der Waals surface area contributed by atoms with Gasteiger partial charge in [0.25, 0.3) is 5.88 Å². The van der Waals surface area contributed by atoms with E-state index in [9.17, 15) is 9.90 Å². The van der Waals surface area contributed by atoms with E-state index < -0.39 is 17.6 Å². The third kappa shape index (κ3) is 1.90. The molecule has 6 nitrogen and oxygen atoms in total. The van der Waals surface area contributed by atoms with Gasteiger partial charge in [-0.2, -0.15) is 4.98 Å². The van der Waals surface area contributed by atoms with Gasteiger partial charge in [0.1, 0.15) is 5.82 Å². The van der Waals surface area contributed by atoms with Crippen LogP contribution in [0.3, 0.4) is 0 Å². The van der Waals surface area contributed by atoms with Crippen molar-refractivity contribution in [1.29, 1.82) is 0 Å². The predicted octanol–water partition coefficient (Wildman–Crippen LogP) is 0.397. The minimum absolute atomic E-state index is 0.255. The molecular formula is C7H9N2O4P. The Morgan fingerprint density at radius 2 is 2.14 bits per heavy atom. The number of carbonyl (C=O) groups is 1. The van der Waals surface area contributed by atoms with E-state index in [2.05, 4.69) is 14.5 Å². The molecule has 1 aromatic heterocycles. The lowest BCUT2D eigenvalue weighted by Gasteiger charge is -2.04. The molecule has 1 atom stereocenters. The molecule has 1 aromatic rings. The van der Waals surface area contributed by atoms with E-state index >= 15 is 0 Å². The number of aryl methyl sites for hydroxylation is 1. The lowest BCUT2D eigenvalue weighted by molar-refractivity contribution is 0.0754. The van der Waals surface area contributed by atoms with Crippen molar-refractivity contribution in [2.45, 2.75) is 13.3 Å². The van der Waals surface area contributed by atoms with Crippen LogP contribution in [-0.2, 0) is 10.9 Å². The number of nitrogens with zero attached hydrogens (tertiary/aromatic N) is 2. The van der Waals surface area contributed by atoms with Gasteiger partial charge in [-0.1, -0.05) is 6.92 Å². The Bertz CT molecular complexity index is 369. The van der Waals surface area contributed by atoms with Crippen LogP contribution in [0.2, 0.25) is 0 Å². The Kier molecular flexibility index (Phi) is 3.19. The quantitative estimate of drug-likeness (QED) is 0.695. The molecule has 0 aliphatic carbocycles. The average Bonchev–Trinajstić information content (AvgIpc) is 2.20. The van der Waals surface area contributed by atoms with Gasteiger partial charge in [0.15, 0.2) is 5.69 Å². The van der Waals surface area contributed by atoms with E-state index in [1.807, 2.05) is 0 Å². The monoisotopic (exact) mass is 216 g/mol. The second kappa shape index (κ2) is 4.19. The van der Waals surface area contributed by atoms with Gasteiger partial charge in [-0.15, -0.1) is 0 Å². The van der Waals surface area contributed by atoms with E-state index in [0.717, 1.165) is 0 Å². The summed E-state index contributed by atoms with van der Waals surface area (Å²) < 4.78 is 4.29. The van der Waals surface area contributed by atoms with Gasteiger partial charge in [0, 0.05) is 6.42 Å². The smallest absolute Gasteiger partial charge is 0.363 e. The molecule has 0 fully saturated rings. The second-order valence-corrected chi connectivity index (χ2v) is 2.66. The predicted molar refractivity (Wildman–Crippen MR) is 49.9 cm³/mol. The zero-order valence-corrected chi connectivity index (χ0v) is 8.54. The first-order chi connectivity index (χ1) is 6.60. The van der Waals surface area contributed by atoms with E-state index in [1.165, 1.54) is 0 Å². The molecule has 0 aliphatic heterocycles. The molecule has 0 aromatic carbocycles. The number of rotatable bonds is 2. The number of carbonyl (C=O) groups excluding carboxylic acids is 1. The Morgan fingerprint density at radius 3 is 2.64 bits per heavy atom. The fourth-order valence-electron chi connectivity index (χ4n) is 0.844. The molecule has 2 N–H and O–H groups in total. The number of hydrogen-bond donors (Lipinski definition) is 2. The summed E-state index contributed by atoms with van der Waals surface area (Å²) in [6, 6.07) is 0. The molecule has 76 valence electrons. The van der Waals surface area contributed by atoms with Crippen molar-refractivity contribution in [3.8, 4) is 11.6 Å². The molecule has 1 rings (SSSR count). The van der Waals surface area contributed by atoms with Gasteiger partial charge in [-0.3, -0.25) is 0 Å². The summed E-state index contributed by atoms with van der Waals surface area (Å²) in [5, 5.41) is 18.4. The summed E-state index contributed by atoms with van der Waals surface area (Å²) in [6.45, 7) is 1.75. The van der Waals surface area contributed by atoms with Gasteiger partial charge < -0.3 is 14.7 Å². The van der Waals surface area contributed by atoms with Gasteiger partial charge in [-0.05, 0) is 0 Å². The van der Waals surface area contributed by atoms with Crippen LogP contribution in [0.15, 0.2) is 0 Å². The van der Waals surface area contributed by atoms with Crippen LogP contribution in [0.25, 0.3) is 0 Å². The maximum Gasteiger partial charge on any atom is 0.363 e. The molecule has 0 amide bonds. The maximum atomic E-state index is 11.1. The van der Waals surface area contributed by atoms with Crippen molar-refractivity contribution >= 4 is 15.4 Å². The zero-order valence-electron chi connectivity index (χ0n) is 7.39. The second-order valence-electron chi connectivity index (χ2n) is 2.42. The van der Waals surface area contributed by atoms with Crippen molar-refractivity contribution in [3.63, 3.8) is 0 Å². The van der Waals surface area contributed by atoms with Gasteiger partial charge in [-0.25, -0.2) is 9.78 Å². The molecule has 0 bridgehead atoms. The highest BCUT2D eigenvalue weighted by Gasteiger charge is 2.19. The summed E-state index contributed by atoms with van der Waals surface area (Å²) in [5.74, 6) is -1.89. The normalized spacial score (nSPS) is 9.86. The van der Waals surface area contributed by atoms with Crippen LogP contribution in [-0.4, -0.2) is 26.2 Å². The molecule has 0 spiro atoms. The van der Waals surface area contributed by atoms with Crippen molar-refractivity contribution in [3.05, 3.63) is 11.5 Å². The highest BCUT2D eigenvalue weighted by molar-refractivity contribution is 7.10. The van der Waals surface area contributed by atoms with Crippen LogP contribution in [0.4, 0.5) is 0 Å². The molecule has 0 saturated carbocycles. The molecule has 1 heterocycles. The van der Waals surface area contributed by atoms with E-state index in [1.54, 1.807) is 16.4 Å². The SMILES string of the molecule is CCc1nc(O)c(O)c(C(=O)OP)n1. The molecular weight excluding hydrogens is 207 g/mol. The Labute approximate surface area is 82.2 Å². The topological polar surface area (TPSA) is 92.5 Å². The molecule has 7 heteroatoms. The molecule has 1 unspecified atom stereocenters. The standard InChI is InChI=1S/C7H9N2O4P/c1-2-3-8-4(7(12)13-14)5(10)6(11)9-3/h10H,2,14H2,1H3,(H,8,9,11). The third-order valence-electron chi connectivity index (χ3n) is 1.53. The third-order valence-corrected chi connectivity index (χ3v) is 1.74. The van der Waals surface area contributed by atoms with Crippen LogP contribution >= 0.6 is 9.47 Å². The number of hydrogen-bond acceptors (Lipinski definition) is 6. The van der Waals surface area contributed by atoms with Crippen molar-refractivity contribution in [1.82, 2.24) is 9.97 Å². The van der Waals surface area contributed by atoms with Gasteiger partial charge >= 0.3 is 5.97 Å². The first-order valence-corrected chi connectivity index (χ1v) is 4.27. The number of aromatic nitrogens is 2. The summed E-state index contributed by atoms with van der Waals surface area (Å²) >= 11 is 0. The highest BCUT2D eigenvalue weighted by Crippen LogP contribution is 2.26. The highest BCUT2D eigenvalue weighted by atomic mass is 31.0. The van der Waals surface area contributed by atoms with Gasteiger partial charge in [0.05, 0.1) is 9.47 Å². The lowest BCUT2D eigenvalue weighted by Crippen LogP contribution is -2.06. The van der Waals surface area contributed by atoms with E-state index in [-0.39, 0.29) is 11.5 Å². The summed E-state index contributed by atoms with van der Waals surface area (Å²) in [6.07, 6.45) is 0.435. The van der Waals surface area contributed by atoms with Crippen LogP contribution in [0, 0.1) is 0 Å². The first-order valence-electron chi connectivity index (χ1n) is 3.80.